The van der Waals surface area contributed by atoms with E-state index in [2.05, 4.69) is 45.4 Å². The SMILES string of the molecule is CC(C)c1cc(Nc2ccc(Br)cc2Cl)ncc1C(=O)NCC1CCC1. The van der Waals surface area contributed by atoms with E-state index in [0.29, 0.717) is 22.3 Å². The van der Waals surface area contributed by atoms with Crippen molar-refractivity contribution < 1.29 is 4.79 Å². The van der Waals surface area contributed by atoms with Gasteiger partial charge in [-0.05, 0) is 54.5 Å². The topological polar surface area (TPSA) is 54.0 Å². The summed E-state index contributed by atoms with van der Waals surface area (Å²) in [6.07, 6.45) is 5.36. The van der Waals surface area contributed by atoms with Crippen LogP contribution in [0.15, 0.2) is 34.9 Å². The molecule has 138 valence electrons. The van der Waals surface area contributed by atoms with Crippen LogP contribution in [-0.4, -0.2) is 17.4 Å². The first-order valence-corrected chi connectivity index (χ1v) is 10.1. The van der Waals surface area contributed by atoms with Crippen molar-refractivity contribution in [1.82, 2.24) is 10.3 Å². The van der Waals surface area contributed by atoms with Crippen LogP contribution in [0.1, 0.15) is 54.9 Å². The fourth-order valence-electron chi connectivity index (χ4n) is 2.96. The highest BCUT2D eigenvalue weighted by molar-refractivity contribution is 9.10. The number of nitrogens with zero attached hydrogens (tertiary/aromatic N) is 1. The molecule has 1 aliphatic carbocycles. The van der Waals surface area contributed by atoms with Crippen LogP contribution < -0.4 is 10.6 Å². The molecule has 2 aromatic rings. The number of aromatic nitrogens is 1. The number of benzene rings is 1. The number of halogens is 2. The molecule has 0 spiro atoms. The van der Waals surface area contributed by atoms with Gasteiger partial charge in [-0.15, -0.1) is 0 Å². The Morgan fingerprint density at radius 2 is 2.12 bits per heavy atom. The monoisotopic (exact) mass is 435 g/mol. The average molecular weight is 437 g/mol. The fourth-order valence-corrected chi connectivity index (χ4v) is 3.69. The van der Waals surface area contributed by atoms with Gasteiger partial charge in [-0.25, -0.2) is 4.98 Å². The number of carbonyl (C=O) groups excluding carboxylic acids is 1. The number of carbonyl (C=O) groups is 1. The Kier molecular flexibility index (Phi) is 6.20. The van der Waals surface area contributed by atoms with Crippen molar-refractivity contribution in [2.75, 3.05) is 11.9 Å². The zero-order chi connectivity index (χ0) is 18.7. The Labute approximate surface area is 167 Å². The van der Waals surface area contributed by atoms with Crippen LogP contribution in [-0.2, 0) is 0 Å². The molecular weight excluding hydrogens is 414 g/mol. The van der Waals surface area contributed by atoms with Gasteiger partial charge in [0, 0.05) is 17.2 Å². The summed E-state index contributed by atoms with van der Waals surface area (Å²) >= 11 is 9.67. The largest absolute Gasteiger partial charge is 0.352 e. The lowest BCUT2D eigenvalue weighted by atomic mass is 9.85. The quantitative estimate of drug-likeness (QED) is 0.593. The van der Waals surface area contributed by atoms with Crippen molar-refractivity contribution in [2.45, 2.75) is 39.0 Å². The third kappa shape index (κ3) is 4.57. The number of hydrogen-bond acceptors (Lipinski definition) is 3. The minimum absolute atomic E-state index is 0.0404. The molecule has 1 saturated carbocycles. The Bertz CT molecular complexity index is 806. The van der Waals surface area contributed by atoms with Crippen LogP contribution in [0, 0.1) is 5.92 Å². The van der Waals surface area contributed by atoms with Crippen LogP contribution in [0.2, 0.25) is 5.02 Å². The molecule has 1 aliphatic rings. The predicted molar refractivity (Wildman–Crippen MR) is 110 cm³/mol. The van der Waals surface area contributed by atoms with Gasteiger partial charge in [-0.2, -0.15) is 0 Å². The third-order valence-corrected chi connectivity index (χ3v) is 5.58. The van der Waals surface area contributed by atoms with Crippen LogP contribution in [0.4, 0.5) is 11.5 Å². The molecule has 3 rings (SSSR count). The summed E-state index contributed by atoms with van der Waals surface area (Å²) in [6.45, 7) is 4.91. The van der Waals surface area contributed by atoms with Gasteiger partial charge in [0.05, 0.1) is 16.3 Å². The van der Waals surface area contributed by atoms with Gasteiger partial charge in [0.25, 0.3) is 5.91 Å². The molecule has 0 atom stereocenters. The number of pyridine rings is 1. The van der Waals surface area contributed by atoms with E-state index in [1.54, 1.807) is 6.20 Å². The molecule has 0 saturated heterocycles. The normalized spacial score (nSPS) is 14.2. The Morgan fingerprint density at radius 3 is 2.73 bits per heavy atom. The van der Waals surface area contributed by atoms with Crippen molar-refractivity contribution >= 4 is 44.9 Å². The zero-order valence-corrected chi connectivity index (χ0v) is 17.3. The van der Waals surface area contributed by atoms with Gasteiger partial charge in [-0.1, -0.05) is 47.8 Å². The molecule has 0 unspecified atom stereocenters. The highest BCUT2D eigenvalue weighted by atomic mass is 79.9. The summed E-state index contributed by atoms with van der Waals surface area (Å²) in [5.41, 5.74) is 2.40. The first-order valence-electron chi connectivity index (χ1n) is 8.94. The summed E-state index contributed by atoms with van der Waals surface area (Å²) in [5.74, 6) is 1.48. The second kappa shape index (κ2) is 8.40. The number of nitrogens with one attached hydrogen (secondary N) is 2. The van der Waals surface area contributed by atoms with Gasteiger partial charge in [0.15, 0.2) is 0 Å². The van der Waals surface area contributed by atoms with Crippen molar-refractivity contribution in [2.24, 2.45) is 5.92 Å². The Morgan fingerprint density at radius 1 is 1.35 bits per heavy atom. The van der Waals surface area contributed by atoms with E-state index >= 15 is 0 Å². The Hall–Kier alpha value is -1.59. The van der Waals surface area contributed by atoms with E-state index in [9.17, 15) is 4.79 Å². The second-order valence-electron chi connectivity index (χ2n) is 7.07. The van der Waals surface area contributed by atoms with E-state index < -0.39 is 0 Å². The first kappa shape index (κ1) is 19.2. The molecule has 1 amide bonds. The molecule has 0 aliphatic heterocycles. The standard InChI is InChI=1S/C20H23BrClN3O/c1-12(2)15-9-19(25-18-7-6-14(21)8-17(18)22)23-11-16(15)20(26)24-10-13-4-3-5-13/h6-9,11-13H,3-5,10H2,1-2H3,(H,23,25)(H,24,26). The summed E-state index contributed by atoms with van der Waals surface area (Å²) in [5, 5.41) is 6.89. The lowest BCUT2D eigenvalue weighted by Gasteiger charge is -2.25. The molecule has 0 radical (unpaired) electrons. The molecule has 2 N–H and O–H groups in total. The molecule has 1 aromatic carbocycles. The molecule has 26 heavy (non-hydrogen) atoms. The lowest BCUT2D eigenvalue weighted by molar-refractivity contribution is 0.0937. The maximum atomic E-state index is 12.6. The maximum Gasteiger partial charge on any atom is 0.253 e. The molecule has 1 aromatic heterocycles. The minimum Gasteiger partial charge on any atom is -0.352 e. The molecule has 1 fully saturated rings. The summed E-state index contributed by atoms with van der Waals surface area (Å²) < 4.78 is 0.919. The summed E-state index contributed by atoms with van der Waals surface area (Å²) in [6, 6.07) is 7.57. The Balaban J connectivity index is 1.78. The zero-order valence-electron chi connectivity index (χ0n) is 15.0. The van der Waals surface area contributed by atoms with E-state index in [0.717, 1.165) is 22.3 Å². The van der Waals surface area contributed by atoms with E-state index in [-0.39, 0.29) is 11.8 Å². The van der Waals surface area contributed by atoms with Gasteiger partial charge in [-0.3, -0.25) is 4.79 Å². The van der Waals surface area contributed by atoms with Gasteiger partial charge < -0.3 is 10.6 Å². The van der Waals surface area contributed by atoms with Crippen molar-refractivity contribution in [3.8, 4) is 0 Å². The average Bonchev–Trinajstić information content (AvgIpc) is 2.55. The van der Waals surface area contributed by atoms with Crippen molar-refractivity contribution in [3.05, 3.63) is 51.1 Å². The molecule has 1 heterocycles. The van der Waals surface area contributed by atoms with Crippen LogP contribution in [0.5, 0.6) is 0 Å². The van der Waals surface area contributed by atoms with Crippen molar-refractivity contribution in [3.63, 3.8) is 0 Å². The number of amides is 1. The number of rotatable bonds is 6. The molecule has 4 nitrogen and oxygen atoms in total. The first-order chi connectivity index (χ1) is 12.4. The molecular formula is C20H23BrClN3O. The van der Waals surface area contributed by atoms with Gasteiger partial charge >= 0.3 is 0 Å². The van der Waals surface area contributed by atoms with Crippen LogP contribution in [0.25, 0.3) is 0 Å². The van der Waals surface area contributed by atoms with Crippen LogP contribution in [0.3, 0.4) is 0 Å². The maximum absolute atomic E-state index is 12.6. The highest BCUT2D eigenvalue weighted by Gasteiger charge is 2.20. The minimum atomic E-state index is -0.0404. The highest BCUT2D eigenvalue weighted by Crippen LogP contribution is 2.30. The van der Waals surface area contributed by atoms with Crippen LogP contribution >= 0.6 is 27.5 Å². The summed E-state index contributed by atoms with van der Waals surface area (Å²) in [4.78, 5) is 17.0. The van der Waals surface area contributed by atoms with E-state index in [4.69, 9.17) is 11.6 Å². The fraction of sp³-hybridized carbons (Fsp3) is 0.400. The molecule has 6 heteroatoms. The molecule has 0 bridgehead atoms. The summed E-state index contributed by atoms with van der Waals surface area (Å²) in [7, 11) is 0. The smallest absolute Gasteiger partial charge is 0.253 e. The van der Waals surface area contributed by atoms with E-state index in [1.165, 1.54) is 19.3 Å². The predicted octanol–water partition coefficient (Wildman–Crippen LogP) is 5.89. The van der Waals surface area contributed by atoms with Gasteiger partial charge in [0.1, 0.15) is 5.82 Å². The third-order valence-electron chi connectivity index (χ3n) is 4.77. The van der Waals surface area contributed by atoms with E-state index in [1.807, 2.05) is 24.3 Å². The number of anilines is 2. The second-order valence-corrected chi connectivity index (χ2v) is 8.39. The lowest BCUT2D eigenvalue weighted by Crippen LogP contribution is -2.32. The number of hydrogen-bond donors (Lipinski definition) is 2. The van der Waals surface area contributed by atoms with Crippen molar-refractivity contribution in [1.29, 1.82) is 0 Å². The van der Waals surface area contributed by atoms with Gasteiger partial charge in [0.2, 0.25) is 0 Å².